The lowest BCUT2D eigenvalue weighted by Gasteiger charge is -2.24. The maximum atomic E-state index is 13.9. The number of hydrogen-bond donors (Lipinski definition) is 2. The Bertz CT molecular complexity index is 507. The van der Waals surface area contributed by atoms with Crippen LogP contribution in [0, 0.1) is 0 Å². The number of allylic oxidation sites excluding steroid dienone is 2. The fourth-order valence-electron chi connectivity index (χ4n) is 1.75. The van der Waals surface area contributed by atoms with Gasteiger partial charge in [-0.3, -0.25) is 0 Å². The SMILES string of the molecule is NC1(C(=O)O)C=CC(c2ccccc2)=C(F)C1. The second-order valence-corrected chi connectivity index (χ2v) is 4.04. The first kappa shape index (κ1) is 11.5. The molecule has 0 saturated heterocycles. The first-order chi connectivity index (χ1) is 8.03. The van der Waals surface area contributed by atoms with E-state index in [0.717, 1.165) is 0 Å². The van der Waals surface area contributed by atoms with Crippen molar-refractivity contribution in [1.82, 2.24) is 0 Å². The monoisotopic (exact) mass is 233 g/mol. The lowest BCUT2D eigenvalue weighted by atomic mass is 9.87. The largest absolute Gasteiger partial charge is 0.480 e. The Labute approximate surface area is 98.1 Å². The zero-order chi connectivity index (χ0) is 12.5. The van der Waals surface area contributed by atoms with Crippen LogP contribution in [0.3, 0.4) is 0 Å². The van der Waals surface area contributed by atoms with Crippen LogP contribution in [0.4, 0.5) is 4.39 Å². The summed E-state index contributed by atoms with van der Waals surface area (Å²) >= 11 is 0. The molecule has 17 heavy (non-hydrogen) atoms. The van der Waals surface area contributed by atoms with E-state index >= 15 is 0 Å². The maximum Gasteiger partial charge on any atom is 0.328 e. The average Bonchev–Trinajstić information content (AvgIpc) is 2.30. The van der Waals surface area contributed by atoms with Crippen molar-refractivity contribution in [2.75, 3.05) is 0 Å². The molecule has 0 aromatic heterocycles. The highest BCUT2D eigenvalue weighted by Crippen LogP contribution is 2.32. The number of benzene rings is 1. The third-order valence-corrected chi connectivity index (χ3v) is 2.77. The van der Waals surface area contributed by atoms with Crippen LogP contribution < -0.4 is 5.73 Å². The number of carboxylic acid groups (broad SMARTS) is 1. The summed E-state index contributed by atoms with van der Waals surface area (Å²) in [6.45, 7) is 0. The lowest BCUT2D eigenvalue weighted by Crippen LogP contribution is -2.47. The van der Waals surface area contributed by atoms with Gasteiger partial charge in [0.25, 0.3) is 0 Å². The molecular weight excluding hydrogens is 221 g/mol. The second-order valence-electron chi connectivity index (χ2n) is 4.04. The molecule has 1 aromatic rings. The highest BCUT2D eigenvalue weighted by atomic mass is 19.1. The minimum atomic E-state index is -1.64. The van der Waals surface area contributed by atoms with Crippen LogP contribution in [-0.4, -0.2) is 16.6 Å². The van der Waals surface area contributed by atoms with Crippen molar-refractivity contribution in [2.45, 2.75) is 12.0 Å². The Morgan fingerprint density at radius 3 is 2.53 bits per heavy atom. The normalized spacial score (nSPS) is 23.9. The van der Waals surface area contributed by atoms with Gasteiger partial charge in [0.2, 0.25) is 0 Å². The number of carbonyl (C=O) groups is 1. The van der Waals surface area contributed by atoms with Crippen LogP contribution in [0.15, 0.2) is 48.3 Å². The van der Waals surface area contributed by atoms with E-state index in [1.165, 1.54) is 12.2 Å². The first-order valence-electron chi connectivity index (χ1n) is 5.18. The Kier molecular flexibility index (Phi) is 2.81. The number of carboxylic acids is 1. The van der Waals surface area contributed by atoms with Crippen molar-refractivity contribution >= 4 is 11.5 Å². The molecule has 0 aliphatic heterocycles. The van der Waals surface area contributed by atoms with Crippen molar-refractivity contribution in [2.24, 2.45) is 5.73 Å². The lowest BCUT2D eigenvalue weighted by molar-refractivity contribution is -0.141. The molecule has 1 atom stereocenters. The quantitative estimate of drug-likeness (QED) is 0.822. The van der Waals surface area contributed by atoms with Gasteiger partial charge in [0.1, 0.15) is 11.4 Å². The Morgan fingerprint density at radius 2 is 2.00 bits per heavy atom. The van der Waals surface area contributed by atoms with Gasteiger partial charge in [-0.15, -0.1) is 0 Å². The molecule has 4 heteroatoms. The molecule has 1 unspecified atom stereocenters. The van der Waals surface area contributed by atoms with Crippen LogP contribution in [-0.2, 0) is 4.79 Å². The molecule has 0 fully saturated rings. The number of nitrogens with two attached hydrogens (primary N) is 1. The third kappa shape index (κ3) is 2.12. The predicted molar refractivity (Wildman–Crippen MR) is 62.8 cm³/mol. The van der Waals surface area contributed by atoms with E-state index in [2.05, 4.69) is 0 Å². The van der Waals surface area contributed by atoms with Gasteiger partial charge < -0.3 is 10.8 Å². The molecular formula is C13H12FNO2. The topological polar surface area (TPSA) is 63.3 Å². The molecule has 0 heterocycles. The molecule has 0 amide bonds. The van der Waals surface area contributed by atoms with Crippen molar-refractivity contribution in [3.63, 3.8) is 0 Å². The molecule has 0 radical (unpaired) electrons. The fraction of sp³-hybridized carbons (Fsp3) is 0.154. The average molecular weight is 233 g/mol. The fourth-order valence-corrected chi connectivity index (χ4v) is 1.75. The molecule has 0 spiro atoms. The minimum absolute atomic E-state index is 0.316. The van der Waals surface area contributed by atoms with Gasteiger partial charge in [-0.05, 0) is 5.56 Å². The van der Waals surface area contributed by atoms with E-state index in [1.807, 2.05) is 6.07 Å². The van der Waals surface area contributed by atoms with E-state index in [-0.39, 0.29) is 6.42 Å². The summed E-state index contributed by atoms with van der Waals surface area (Å²) in [7, 11) is 0. The highest BCUT2D eigenvalue weighted by molar-refractivity contribution is 5.87. The number of rotatable bonds is 2. The van der Waals surface area contributed by atoms with Gasteiger partial charge in [-0.25, -0.2) is 9.18 Å². The Hall–Kier alpha value is -1.94. The van der Waals surface area contributed by atoms with E-state index in [9.17, 15) is 9.18 Å². The first-order valence-corrected chi connectivity index (χ1v) is 5.18. The molecule has 1 aromatic carbocycles. The van der Waals surface area contributed by atoms with Crippen LogP contribution in [0.25, 0.3) is 5.57 Å². The molecule has 1 aliphatic rings. The van der Waals surface area contributed by atoms with Gasteiger partial charge in [-0.2, -0.15) is 0 Å². The van der Waals surface area contributed by atoms with E-state index < -0.39 is 17.3 Å². The molecule has 0 bridgehead atoms. The summed E-state index contributed by atoms with van der Waals surface area (Å²) in [4.78, 5) is 10.9. The van der Waals surface area contributed by atoms with E-state index in [4.69, 9.17) is 10.8 Å². The van der Waals surface area contributed by atoms with Gasteiger partial charge >= 0.3 is 5.97 Å². The summed E-state index contributed by atoms with van der Waals surface area (Å²) in [5.41, 5.74) is 5.05. The number of aliphatic carboxylic acids is 1. The maximum absolute atomic E-state index is 13.9. The highest BCUT2D eigenvalue weighted by Gasteiger charge is 2.35. The van der Waals surface area contributed by atoms with Crippen LogP contribution in [0.1, 0.15) is 12.0 Å². The Balaban J connectivity index is 2.36. The molecule has 1 aliphatic carbocycles. The zero-order valence-corrected chi connectivity index (χ0v) is 9.06. The molecule has 88 valence electrons. The van der Waals surface area contributed by atoms with Gasteiger partial charge in [-0.1, -0.05) is 42.5 Å². The smallest absolute Gasteiger partial charge is 0.328 e. The van der Waals surface area contributed by atoms with Gasteiger partial charge in [0.15, 0.2) is 0 Å². The van der Waals surface area contributed by atoms with Crippen LogP contribution >= 0.6 is 0 Å². The predicted octanol–water partition coefficient (Wildman–Crippen LogP) is 2.11. The van der Waals surface area contributed by atoms with Crippen molar-refractivity contribution in [1.29, 1.82) is 0 Å². The molecule has 3 N–H and O–H groups in total. The zero-order valence-electron chi connectivity index (χ0n) is 9.06. The molecule has 2 rings (SSSR count). The third-order valence-electron chi connectivity index (χ3n) is 2.77. The van der Waals surface area contributed by atoms with Crippen molar-refractivity contribution < 1.29 is 14.3 Å². The van der Waals surface area contributed by atoms with Gasteiger partial charge in [0.05, 0.1) is 0 Å². The molecule has 3 nitrogen and oxygen atoms in total. The minimum Gasteiger partial charge on any atom is -0.480 e. The van der Waals surface area contributed by atoms with Crippen molar-refractivity contribution in [3.8, 4) is 0 Å². The molecule has 0 saturated carbocycles. The summed E-state index contributed by atoms with van der Waals surface area (Å²) in [6, 6.07) is 8.96. The van der Waals surface area contributed by atoms with E-state index in [0.29, 0.717) is 11.1 Å². The van der Waals surface area contributed by atoms with Crippen LogP contribution in [0.2, 0.25) is 0 Å². The number of hydrogen-bond acceptors (Lipinski definition) is 2. The summed E-state index contributed by atoms with van der Waals surface area (Å²) < 4.78 is 13.9. The summed E-state index contributed by atoms with van der Waals surface area (Å²) in [6.07, 6.45) is 2.45. The van der Waals surface area contributed by atoms with Gasteiger partial charge in [0, 0.05) is 12.0 Å². The summed E-state index contributed by atoms with van der Waals surface area (Å²) in [5, 5.41) is 8.91. The Morgan fingerprint density at radius 1 is 1.35 bits per heavy atom. The summed E-state index contributed by atoms with van der Waals surface area (Å²) in [5.74, 6) is -1.72. The number of halogens is 1. The standard InChI is InChI=1S/C13H12FNO2/c14-11-8-13(15,12(16)17)7-6-10(11)9-4-2-1-3-5-9/h1-7H,8,15H2,(H,16,17). The van der Waals surface area contributed by atoms with Crippen LogP contribution in [0.5, 0.6) is 0 Å². The van der Waals surface area contributed by atoms with Crippen molar-refractivity contribution in [3.05, 3.63) is 53.9 Å². The second kappa shape index (κ2) is 4.14. The van der Waals surface area contributed by atoms with E-state index in [1.54, 1.807) is 24.3 Å².